The molecular formula is C24H34B2. The third-order valence-electron chi connectivity index (χ3n) is 6.59. The van der Waals surface area contributed by atoms with Crippen molar-refractivity contribution in [1.29, 1.82) is 0 Å². The number of rotatable bonds is 6. The van der Waals surface area contributed by atoms with Gasteiger partial charge in [-0.2, -0.15) is 0 Å². The Morgan fingerprint density at radius 1 is 0.577 bits per heavy atom. The van der Waals surface area contributed by atoms with Gasteiger partial charge < -0.3 is 0 Å². The first-order chi connectivity index (χ1) is 12.3. The van der Waals surface area contributed by atoms with Gasteiger partial charge in [0, 0.05) is 0 Å². The monoisotopic (exact) mass is 344 g/mol. The Morgan fingerprint density at radius 2 is 0.846 bits per heavy atom. The molecule has 0 saturated heterocycles. The van der Waals surface area contributed by atoms with Crippen molar-refractivity contribution in [2.75, 3.05) is 0 Å². The van der Waals surface area contributed by atoms with Gasteiger partial charge in [-0.1, -0.05) is 138 Å². The van der Waals surface area contributed by atoms with Crippen LogP contribution in [0.15, 0.2) is 48.5 Å². The van der Waals surface area contributed by atoms with Gasteiger partial charge in [-0.25, -0.2) is 0 Å². The molecule has 3 rings (SSSR count). The highest BCUT2D eigenvalue weighted by Gasteiger charge is 2.47. The van der Waals surface area contributed by atoms with E-state index in [1.807, 2.05) is 0 Å². The van der Waals surface area contributed by atoms with Gasteiger partial charge in [0.25, 0.3) is 0 Å². The van der Waals surface area contributed by atoms with E-state index in [9.17, 15) is 0 Å². The summed E-state index contributed by atoms with van der Waals surface area (Å²) in [5.74, 6) is 0. The quantitative estimate of drug-likeness (QED) is 0.683. The minimum atomic E-state index is 0.265. The Kier molecular flexibility index (Phi) is 5.42. The molecule has 0 amide bonds. The van der Waals surface area contributed by atoms with Crippen LogP contribution in [-0.2, 0) is 0 Å². The van der Waals surface area contributed by atoms with E-state index in [0.29, 0.717) is 13.4 Å². The Bertz CT molecular complexity index is 649. The summed E-state index contributed by atoms with van der Waals surface area (Å²) in [6.07, 6.45) is 4.98. The molecule has 0 unspecified atom stereocenters. The summed E-state index contributed by atoms with van der Waals surface area (Å²) in [6, 6.07) is 18.6. The van der Waals surface area contributed by atoms with E-state index < -0.39 is 0 Å². The van der Waals surface area contributed by atoms with Gasteiger partial charge in [-0.15, -0.1) is 0 Å². The van der Waals surface area contributed by atoms with Crippen LogP contribution in [0.2, 0.25) is 10.6 Å². The van der Waals surface area contributed by atoms with Crippen LogP contribution in [0.1, 0.15) is 67.2 Å². The van der Waals surface area contributed by atoms with Crippen LogP contribution in [0, 0.1) is 0 Å². The number of fused-ring (bicyclic) bond motifs is 2. The van der Waals surface area contributed by atoms with E-state index in [0.717, 1.165) is 0 Å². The Hall–Kier alpha value is -1.43. The van der Waals surface area contributed by atoms with Gasteiger partial charge in [0.15, 0.2) is 0 Å². The van der Waals surface area contributed by atoms with Crippen molar-refractivity contribution < 1.29 is 0 Å². The fraction of sp³-hybridized carbons (Fsp3) is 0.500. The van der Waals surface area contributed by atoms with Crippen molar-refractivity contribution in [3.63, 3.8) is 0 Å². The molecule has 0 N–H and O–H groups in total. The van der Waals surface area contributed by atoms with Crippen molar-refractivity contribution in [3.8, 4) is 0 Å². The summed E-state index contributed by atoms with van der Waals surface area (Å²) < 4.78 is 0. The molecule has 1 aliphatic rings. The maximum Gasteiger partial charge on any atom is 0.213 e. The molecule has 0 bridgehead atoms. The highest BCUT2D eigenvalue weighted by molar-refractivity contribution is 7.04. The first-order valence-corrected chi connectivity index (χ1v) is 10.5. The van der Waals surface area contributed by atoms with E-state index in [2.05, 4.69) is 90.1 Å². The molecule has 0 saturated carbocycles. The molecule has 1 aliphatic heterocycles. The van der Waals surface area contributed by atoms with Crippen LogP contribution in [0.4, 0.5) is 0 Å². The smallest absolute Gasteiger partial charge is 0.0786 e. The lowest BCUT2D eigenvalue weighted by molar-refractivity contribution is 0.587. The standard InChI is InChI=1S/C24H34B2/c1-7-17-23(3,4)25-19-13-9-11-15-21(19)26(24(5,6)18-8-2)22-16-12-10-14-20(22)25/h9-16H,7-8,17-18H2,1-6H3. The zero-order valence-corrected chi connectivity index (χ0v) is 17.6. The van der Waals surface area contributed by atoms with Crippen LogP contribution in [0.3, 0.4) is 0 Å². The molecule has 0 aromatic heterocycles. The molecule has 136 valence electrons. The average molecular weight is 344 g/mol. The maximum atomic E-state index is 2.46. The summed E-state index contributed by atoms with van der Waals surface area (Å²) in [4.78, 5) is 0. The minimum Gasteiger partial charge on any atom is -0.0786 e. The summed E-state index contributed by atoms with van der Waals surface area (Å²) in [5, 5.41) is 0.529. The van der Waals surface area contributed by atoms with Crippen molar-refractivity contribution in [2.24, 2.45) is 0 Å². The number of hydrogen-bond acceptors (Lipinski definition) is 0. The highest BCUT2D eigenvalue weighted by Crippen LogP contribution is 2.38. The third-order valence-corrected chi connectivity index (χ3v) is 6.59. The van der Waals surface area contributed by atoms with Gasteiger partial charge in [-0.3, -0.25) is 0 Å². The van der Waals surface area contributed by atoms with Gasteiger partial charge in [0.1, 0.15) is 0 Å². The Balaban J connectivity index is 2.26. The van der Waals surface area contributed by atoms with Crippen LogP contribution in [-0.4, -0.2) is 13.4 Å². The number of hydrogen-bond donors (Lipinski definition) is 0. The Morgan fingerprint density at radius 3 is 1.08 bits per heavy atom. The van der Waals surface area contributed by atoms with Crippen LogP contribution >= 0.6 is 0 Å². The Labute approximate surface area is 162 Å². The van der Waals surface area contributed by atoms with Gasteiger partial charge in [-0.05, 0) is 10.6 Å². The fourth-order valence-corrected chi connectivity index (χ4v) is 5.67. The zero-order valence-electron chi connectivity index (χ0n) is 17.6. The first-order valence-electron chi connectivity index (χ1n) is 10.5. The van der Waals surface area contributed by atoms with Crippen LogP contribution < -0.4 is 21.9 Å². The largest absolute Gasteiger partial charge is 0.213 e. The van der Waals surface area contributed by atoms with Gasteiger partial charge >= 0.3 is 0 Å². The molecule has 0 nitrogen and oxygen atoms in total. The summed E-state index contributed by atoms with van der Waals surface area (Å²) >= 11 is 0. The third kappa shape index (κ3) is 3.28. The first kappa shape index (κ1) is 19.3. The average Bonchev–Trinajstić information content (AvgIpc) is 2.58. The fourth-order valence-electron chi connectivity index (χ4n) is 5.67. The normalized spacial score (nSPS) is 14.2. The molecule has 2 aromatic rings. The summed E-state index contributed by atoms with van der Waals surface area (Å²) in [5.41, 5.74) is 6.27. The minimum absolute atomic E-state index is 0.265. The summed E-state index contributed by atoms with van der Waals surface area (Å²) in [6.45, 7) is 15.5. The highest BCUT2D eigenvalue weighted by atomic mass is 14.2. The van der Waals surface area contributed by atoms with Gasteiger partial charge in [0.2, 0.25) is 13.4 Å². The van der Waals surface area contributed by atoms with Crippen molar-refractivity contribution in [1.82, 2.24) is 0 Å². The lowest BCUT2D eigenvalue weighted by atomic mass is 9.14. The SMILES string of the molecule is CCCC(C)(C)B1c2ccccc2B(C(C)(C)CCC)c2ccccc21. The zero-order chi connectivity index (χ0) is 18.9. The predicted molar refractivity (Wildman–Crippen MR) is 121 cm³/mol. The second-order valence-electron chi connectivity index (χ2n) is 9.60. The van der Waals surface area contributed by atoms with Crippen molar-refractivity contribution in [2.45, 2.75) is 77.9 Å². The van der Waals surface area contributed by atoms with E-state index in [-0.39, 0.29) is 10.6 Å². The molecule has 26 heavy (non-hydrogen) atoms. The van der Waals surface area contributed by atoms with Crippen molar-refractivity contribution >= 4 is 35.3 Å². The van der Waals surface area contributed by atoms with Crippen LogP contribution in [0.5, 0.6) is 0 Å². The van der Waals surface area contributed by atoms with Crippen LogP contribution in [0.25, 0.3) is 0 Å². The molecule has 0 fully saturated rings. The predicted octanol–water partition coefficient (Wildman–Crippen LogP) is 4.38. The van der Waals surface area contributed by atoms with E-state index in [1.165, 1.54) is 25.7 Å². The maximum absolute atomic E-state index is 2.46. The molecule has 1 heterocycles. The molecule has 0 radical (unpaired) electrons. The van der Waals surface area contributed by atoms with E-state index in [4.69, 9.17) is 0 Å². The van der Waals surface area contributed by atoms with Gasteiger partial charge in [0.05, 0.1) is 0 Å². The topological polar surface area (TPSA) is 0 Å². The molecule has 0 spiro atoms. The number of benzene rings is 2. The van der Waals surface area contributed by atoms with E-state index in [1.54, 1.807) is 21.9 Å². The van der Waals surface area contributed by atoms with E-state index >= 15 is 0 Å². The second kappa shape index (κ2) is 7.29. The van der Waals surface area contributed by atoms with Crippen molar-refractivity contribution in [3.05, 3.63) is 48.5 Å². The molecule has 2 heteroatoms. The second-order valence-corrected chi connectivity index (χ2v) is 9.60. The molecule has 2 aromatic carbocycles. The lowest BCUT2D eigenvalue weighted by Crippen LogP contribution is -2.73. The summed E-state index contributed by atoms with van der Waals surface area (Å²) in [7, 11) is 0. The lowest BCUT2D eigenvalue weighted by Gasteiger charge is -2.44. The molecular weight excluding hydrogens is 310 g/mol. The molecule has 0 atom stereocenters. The molecule has 0 aliphatic carbocycles.